The van der Waals surface area contributed by atoms with Crippen LogP contribution in [0.25, 0.3) is 0 Å². The van der Waals surface area contributed by atoms with Gasteiger partial charge in [-0.05, 0) is 38.5 Å². The number of rotatable bonds is 13. The summed E-state index contributed by atoms with van der Waals surface area (Å²) >= 11 is 0. The van der Waals surface area contributed by atoms with Gasteiger partial charge in [0.2, 0.25) is 11.8 Å². The Balaban J connectivity index is 1.96. The Morgan fingerprint density at radius 1 is 0.968 bits per heavy atom. The smallest absolute Gasteiger partial charge is 0.306 e. The number of carbonyl (C=O) groups excluding carboxylic acids is 3. The second-order valence-corrected chi connectivity index (χ2v) is 9.08. The van der Waals surface area contributed by atoms with Gasteiger partial charge in [0.25, 0.3) is 0 Å². The summed E-state index contributed by atoms with van der Waals surface area (Å²) in [6.45, 7) is 7.40. The topological polar surface area (TPSA) is 105 Å². The minimum absolute atomic E-state index is 0.0365. The number of hydrogen-bond acceptors (Lipinski definition) is 5. The fraction of sp³-hybridized carbons (Fsp3) is 0.708. The summed E-state index contributed by atoms with van der Waals surface area (Å²) in [7, 11) is 0. The fourth-order valence-electron chi connectivity index (χ4n) is 4.66. The Bertz CT molecular complexity index is 648. The molecule has 7 heteroatoms. The van der Waals surface area contributed by atoms with Crippen LogP contribution in [0.2, 0.25) is 0 Å². The van der Waals surface area contributed by atoms with Gasteiger partial charge in [-0.3, -0.25) is 14.4 Å². The lowest BCUT2D eigenvalue weighted by Gasteiger charge is -2.32. The molecule has 2 amide bonds. The highest BCUT2D eigenvalue weighted by atomic mass is 16.5. The third-order valence-corrected chi connectivity index (χ3v) is 6.53. The molecule has 174 valence electrons. The summed E-state index contributed by atoms with van der Waals surface area (Å²) < 4.78 is 5.44. The molecule has 2 aliphatic rings. The summed E-state index contributed by atoms with van der Waals surface area (Å²) in [6, 6.07) is 0. The molecule has 0 saturated heterocycles. The van der Waals surface area contributed by atoms with Gasteiger partial charge in [-0.1, -0.05) is 37.8 Å². The molecule has 2 aliphatic carbocycles. The Kier molecular flexibility index (Phi) is 9.75. The predicted molar refractivity (Wildman–Crippen MR) is 119 cm³/mol. The van der Waals surface area contributed by atoms with Crippen LogP contribution < -0.4 is 10.6 Å². The van der Waals surface area contributed by atoms with Crippen LogP contribution in [0.5, 0.6) is 0 Å². The Hall–Kier alpha value is -2.15. The molecular weight excluding hydrogens is 396 g/mol. The van der Waals surface area contributed by atoms with Crippen molar-refractivity contribution in [1.82, 2.24) is 10.6 Å². The molecule has 0 bridgehead atoms. The molecule has 2 fully saturated rings. The summed E-state index contributed by atoms with van der Waals surface area (Å²) in [5, 5.41) is 15.8. The van der Waals surface area contributed by atoms with E-state index in [1.807, 2.05) is 0 Å². The summed E-state index contributed by atoms with van der Waals surface area (Å²) in [5.74, 6) is -1.30. The number of ether oxygens (including phenoxy) is 1. The van der Waals surface area contributed by atoms with Gasteiger partial charge in [0.1, 0.15) is 6.61 Å². The van der Waals surface area contributed by atoms with E-state index in [4.69, 9.17) is 4.74 Å². The van der Waals surface area contributed by atoms with Crippen molar-refractivity contribution in [2.75, 3.05) is 13.2 Å². The molecule has 0 radical (unpaired) electrons. The first kappa shape index (κ1) is 25.1. The number of hydrogen-bond donors (Lipinski definition) is 3. The number of carbonyl (C=O) groups is 3. The first-order valence-electron chi connectivity index (χ1n) is 11.5. The monoisotopic (exact) mass is 434 g/mol. The molecule has 1 unspecified atom stereocenters. The molecule has 7 nitrogen and oxygen atoms in total. The van der Waals surface area contributed by atoms with Crippen molar-refractivity contribution in [3.05, 3.63) is 25.3 Å². The van der Waals surface area contributed by atoms with Crippen molar-refractivity contribution >= 4 is 17.8 Å². The average Bonchev–Trinajstić information content (AvgIpc) is 3.41. The summed E-state index contributed by atoms with van der Waals surface area (Å²) in [6.07, 6.45) is 11.4. The van der Waals surface area contributed by atoms with E-state index in [9.17, 15) is 19.5 Å². The molecule has 3 N–H and O–H groups in total. The van der Waals surface area contributed by atoms with Crippen LogP contribution in [0.1, 0.15) is 77.0 Å². The molecule has 0 aromatic rings. The molecule has 0 aromatic carbocycles. The van der Waals surface area contributed by atoms with Crippen LogP contribution in [0, 0.1) is 5.92 Å². The number of aliphatic hydroxyl groups excluding tert-OH is 1. The number of amides is 2. The molecule has 2 rings (SSSR count). The van der Waals surface area contributed by atoms with Gasteiger partial charge in [0, 0.05) is 12.8 Å². The first-order valence-corrected chi connectivity index (χ1v) is 11.5. The predicted octanol–water partition coefficient (Wildman–Crippen LogP) is 2.93. The third-order valence-electron chi connectivity index (χ3n) is 6.53. The third kappa shape index (κ3) is 7.49. The normalized spacial score (nSPS) is 19.9. The number of esters is 1. The maximum atomic E-state index is 13.1. The number of allylic oxidation sites excluding steroid dienone is 2. The maximum absolute atomic E-state index is 13.1. The van der Waals surface area contributed by atoms with E-state index in [0.29, 0.717) is 12.8 Å². The standard InChI is InChI=1S/C24H38N2O5/c1-3-5-11-21(29)31-18-24(14-8-9-15-24)26-22(30)19(10-4-2)16-20(28)25-23(17-27)12-6-7-13-23/h3-4,19,27H,1-2,5-18H2,(H,25,28)(H,26,30). The van der Waals surface area contributed by atoms with Gasteiger partial charge in [0.15, 0.2) is 0 Å². The maximum Gasteiger partial charge on any atom is 0.306 e. The summed E-state index contributed by atoms with van der Waals surface area (Å²) in [5.41, 5.74) is -1.13. The van der Waals surface area contributed by atoms with Gasteiger partial charge >= 0.3 is 5.97 Å². The Labute approximate surface area is 185 Å². The lowest BCUT2D eigenvalue weighted by molar-refractivity contribution is -0.147. The zero-order valence-corrected chi connectivity index (χ0v) is 18.6. The van der Waals surface area contributed by atoms with Crippen molar-refractivity contribution in [1.29, 1.82) is 0 Å². The SMILES string of the molecule is C=CCCC(=O)OCC1(NC(=O)C(CC=C)CC(=O)NC2(CO)CCCC2)CCCC1. The fourth-order valence-corrected chi connectivity index (χ4v) is 4.66. The van der Waals surface area contributed by atoms with Crippen LogP contribution in [0.3, 0.4) is 0 Å². The van der Waals surface area contributed by atoms with E-state index < -0.39 is 17.0 Å². The number of aliphatic hydroxyl groups is 1. The van der Waals surface area contributed by atoms with E-state index in [2.05, 4.69) is 23.8 Å². The van der Waals surface area contributed by atoms with Gasteiger partial charge in [0.05, 0.1) is 23.6 Å². The lowest BCUT2D eigenvalue weighted by atomic mass is 9.93. The molecular formula is C24H38N2O5. The van der Waals surface area contributed by atoms with Crippen LogP contribution in [0.4, 0.5) is 0 Å². The zero-order valence-electron chi connectivity index (χ0n) is 18.6. The van der Waals surface area contributed by atoms with E-state index in [1.165, 1.54) is 0 Å². The van der Waals surface area contributed by atoms with Crippen LogP contribution in [-0.2, 0) is 19.1 Å². The van der Waals surface area contributed by atoms with Gasteiger partial charge in [-0.25, -0.2) is 0 Å². The van der Waals surface area contributed by atoms with E-state index in [-0.39, 0.29) is 43.8 Å². The van der Waals surface area contributed by atoms with Crippen LogP contribution >= 0.6 is 0 Å². The molecule has 1 atom stereocenters. The quantitative estimate of drug-likeness (QED) is 0.305. The average molecular weight is 435 g/mol. The van der Waals surface area contributed by atoms with E-state index in [1.54, 1.807) is 12.2 Å². The second-order valence-electron chi connectivity index (χ2n) is 9.08. The van der Waals surface area contributed by atoms with Crippen molar-refractivity contribution in [2.24, 2.45) is 5.92 Å². The minimum Gasteiger partial charge on any atom is -0.463 e. The van der Waals surface area contributed by atoms with Crippen molar-refractivity contribution in [3.63, 3.8) is 0 Å². The highest BCUT2D eigenvalue weighted by Crippen LogP contribution is 2.32. The zero-order chi connectivity index (χ0) is 22.7. The van der Waals surface area contributed by atoms with Gasteiger partial charge in [-0.15, -0.1) is 13.2 Å². The Morgan fingerprint density at radius 3 is 2.13 bits per heavy atom. The Morgan fingerprint density at radius 2 is 1.58 bits per heavy atom. The molecule has 0 aromatic heterocycles. The van der Waals surface area contributed by atoms with Crippen LogP contribution in [0.15, 0.2) is 25.3 Å². The largest absolute Gasteiger partial charge is 0.463 e. The molecule has 0 aliphatic heterocycles. The molecule has 0 spiro atoms. The van der Waals surface area contributed by atoms with Crippen molar-refractivity contribution in [2.45, 2.75) is 88.1 Å². The highest BCUT2D eigenvalue weighted by molar-refractivity contribution is 5.86. The number of nitrogens with one attached hydrogen (secondary N) is 2. The second kappa shape index (κ2) is 12.0. The van der Waals surface area contributed by atoms with Crippen molar-refractivity contribution < 1.29 is 24.2 Å². The summed E-state index contributed by atoms with van der Waals surface area (Å²) in [4.78, 5) is 37.7. The van der Waals surface area contributed by atoms with Gasteiger partial charge in [-0.2, -0.15) is 0 Å². The lowest BCUT2D eigenvalue weighted by Crippen LogP contribution is -2.53. The highest BCUT2D eigenvalue weighted by Gasteiger charge is 2.39. The van der Waals surface area contributed by atoms with E-state index >= 15 is 0 Å². The minimum atomic E-state index is -0.575. The van der Waals surface area contributed by atoms with Crippen molar-refractivity contribution in [3.8, 4) is 0 Å². The van der Waals surface area contributed by atoms with E-state index in [0.717, 1.165) is 51.4 Å². The molecule has 0 heterocycles. The molecule has 2 saturated carbocycles. The molecule has 31 heavy (non-hydrogen) atoms. The van der Waals surface area contributed by atoms with Crippen LogP contribution in [-0.4, -0.2) is 47.2 Å². The first-order chi connectivity index (χ1) is 14.9. The van der Waals surface area contributed by atoms with Gasteiger partial charge < -0.3 is 20.5 Å².